The minimum Gasteiger partial charge on any atom is -0.495 e. The molecular formula is C27H20N2O5. The van der Waals surface area contributed by atoms with Crippen LogP contribution >= 0.6 is 0 Å². The predicted octanol–water partition coefficient (Wildman–Crippen LogP) is 3.73. The number of aromatic nitrogens is 1. The van der Waals surface area contributed by atoms with Crippen molar-refractivity contribution in [2.45, 2.75) is 13.5 Å². The van der Waals surface area contributed by atoms with Gasteiger partial charge in [0.25, 0.3) is 5.56 Å². The number of benzene rings is 3. The SMILES string of the molecule is COc1cccc2c(C)cc(=O)n(CC(=O)Nc3ccc4c(c3)C(=O)c3ccccc3C4=O)c12. The van der Waals surface area contributed by atoms with Crippen LogP contribution in [0.3, 0.4) is 0 Å². The van der Waals surface area contributed by atoms with Gasteiger partial charge in [0.05, 0.1) is 12.6 Å². The average Bonchev–Trinajstić information content (AvgIpc) is 2.84. The van der Waals surface area contributed by atoms with E-state index in [1.54, 1.807) is 36.4 Å². The van der Waals surface area contributed by atoms with E-state index in [9.17, 15) is 19.2 Å². The van der Waals surface area contributed by atoms with Gasteiger partial charge < -0.3 is 10.1 Å². The summed E-state index contributed by atoms with van der Waals surface area (Å²) >= 11 is 0. The van der Waals surface area contributed by atoms with Crippen molar-refractivity contribution >= 4 is 34.1 Å². The minimum absolute atomic E-state index is 0.229. The number of rotatable bonds is 4. The third kappa shape index (κ3) is 3.38. The summed E-state index contributed by atoms with van der Waals surface area (Å²) in [6.45, 7) is 1.58. The van der Waals surface area contributed by atoms with Crippen molar-refractivity contribution in [3.8, 4) is 5.75 Å². The zero-order valence-electron chi connectivity index (χ0n) is 18.5. The van der Waals surface area contributed by atoms with Gasteiger partial charge in [0.15, 0.2) is 11.6 Å². The Bertz CT molecular complexity index is 1580. The highest BCUT2D eigenvalue weighted by Crippen LogP contribution is 2.29. The van der Waals surface area contributed by atoms with Gasteiger partial charge in [-0.2, -0.15) is 0 Å². The fourth-order valence-electron chi connectivity index (χ4n) is 4.41. The average molecular weight is 452 g/mol. The lowest BCUT2D eigenvalue weighted by atomic mass is 9.84. The largest absolute Gasteiger partial charge is 0.495 e. The van der Waals surface area contributed by atoms with Crippen LogP contribution in [0.4, 0.5) is 5.69 Å². The number of carbonyl (C=O) groups is 3. The maximum Gasteiger partial charge on any atom is 0.251 e. The Morgan fingerprint density at radius 3 is 2.24 bits per heavy atom. The zero-order chi connectivity index (χ0) is 24.0. The second-order valence-corrected chi connectivity index (χ2v) is 8.12. The van der Waals surface area contributed by atoms with Gasteiger partial charge in [0.2, 0.25) is 5.91 Å². The lowest BCUT2D eigenvalue weighted by molar-refractivity contribution is -0.116. The summed E-state index contributed by atoms with van der Waals surface area (Å²) in [6, 6.07) is 18.2. The second-order valence-electron chi connectivity index (χ2n) is 8.12. The number of amides is 1. The number of ketones is 2. The van der Waals surface area contributed by atoms with Gasteiger partial charge in [0.1, 0.15) is 12.3 Å². The van der Waals surface area contributed by atoms with Crippen LogP contribution < -0.4 is 15.6 Å². The Hall–Kier alpha value is -4.52. The number of carbonyl (C=O) groups excluding carboxylic acids is 3. The highest BCUT2D eigenvalue weighted by atomic mass is 16.5. The molecule has 168 valence electrons. The molecule has 0 atom stereocenters. The number of para-hydroxylation sites is 1. The first-order valence-corrected chi connectivity index (χ1v) is 10.7. The van der Waals surface area contributed by atoms with Gasteiger partial charge in [-0.1, -0.05) is 36.4 Å². The smallest absolute Gasteiger partial charge is 0.251 e. The van der Waals surface area contributed by atoms with Crippen LogP contribution in [-0.4, -0.2) is 29.2 Å². The number of fused-ring (bicyclic) bond motifs is 3. The number of hydrogen-bond acceptors (Lipinski definition) is 5. The number of ether oxygens (including phenoxy) is 1. The monoisotopic (exact) mass is 452 g/mol. The highest BCUT2D eigenvalue weighted by Gasteiger charge is 2.29. The first-order chi connectivity index (χ1) is 16.4. The van der Waals surface area contributed by atoms with E-state index >= 15 is 0 Å². The van der Waals surface area contributed by atoms with Gasteiger partial charge in [-0.25, -0.2) is 0 Å². The molecule has 7 heteroatoms. The molecule has 1 aliphatic rings. The van der Waals surface area contributed by atoms with Gasteiger partial charge in [0, 0.05) is 39.4 Å². The molecule has 0 bridgehead atoms. The van der Waals surface area contributed by atoms with E-state index in [2.05, 4.69) is 5.32 Å². The van der Waals surface area contributed by atoms with Crippen molar-refractivity contribution in [1.29, 1.82) is 0 Å². The van der Waals surface area contributed by atoms with Crippen molar-refractivity contribution in [2.24, 2.45) is 0 Å². The maximum atomic E-state index is 13.0. The zero-order valence-corrected chi connectivity index (χ0v) is 18.5. The molecule has 1 aromatic heterocycles. The van der Waals surface area contributed by atoms with Crippen molar-refractivity contribution in [2.75, 3.05) is 12.4 Å². The number of nitrogens with one attached hydrogen (secondary N) is 1. The molecule has 3 aromatic carbocycles. The fourth-order valence-corrected chi connectivity index (χ4v) is 4.41. The van der Waals surface area contributed by atoms with Crippen LogP contribution in [0.2, 0.25) is 0 Å². The van der Waals surface area contributed by atoms with Crippen LogP contribution in [0.15, 0.2) is 71.5 Å². The van der Waals surface area contributed by atoms with Crippen molar-refractivity contribution < 1.29 is 19.1 Å². The van der Waals surface area contributed by atoms with Gasteiger partial charge in [-0.3, -0.25) is 23.7 Å². The van der Waals surface area contributed by atoms with Crippen LogP contribution in [0.5, 0.6) is 5.75 Å². The summed E-state index contributed by atoms with van der Waals surface area (Å²) in [6.07, 6.45) is 0. The predicted molar refractivity (Wildman–Crippen MR) is 128 cm³/mol. The Balaban J connectivity index is 1.47. The van der Waals surface area contributed by atoms with E-state index in [0.717, 1.165) is 10.9 Å². The quantitative estimate of drug-likeness (QED) is 0.448. The van der Waals surface area contributed by atoms with E-state index in [4.69, 9.17) is 4.74 Å². The van der Waals surface area contributed by atoms with E-state index in [-0.39, 0.29) is 29.2 Å². The molecule has 7 nitrogen and oxygen atoms in total. The molecule has 1 amide bonds. The Labute approximate surface area is 194 Å². The van der Waals surface area contributed by atoms with Crippen LogP contribution in [0.25, 0.3) is 10.9 Å². The molecule has 0 saturated heterocycles. The number of methoxy groups -OCH3 is 1. The molecule has 0 aliphatic heterocycles. The first kappa shape index (κ1) is 21.3. The van der Waals surface area contributed by atoms with Gasteiger partial charge in [-0.15, -0.1) is 0 Å². The van der Waals surface area contributed by atoms with E-state index in [0.29, 0.717) is 33.6 Å². The third-order valence-electron chi connectivity index (χ3n) is 6.03. The molecular weight excluding hydrogens is 432 g/mol. The molecule has 1 N–H and O–H groups in total. The summed E-state index contributed by atoms with van der Waals surface area (Å²) in [4.78, 5) is 51.4. The molecule has 0 unspecified atom stereocenters. The molecule has 1 heterocycles. The Morgan fingerprint density at radius 1 is 0.853 bits per heavy atom. The van der Waals surface area contributed by atoms with Gasteiger partial charge >= 0.3 is 0 Å². The van der Waals surface area contributed by atoms with Crippen LogP contribution in [0.1, 0.15) is 37.4 Å². The maximum absolute atomic E-state index is 13.0. The third-order valence-corrected chi connectivity index (χ3v) is 6.03. The lowest BCUT2D eigenvalue weighted by Crippen LogP contribution is -2.28. The standard InChI is InChI=1S/C27H20N2O5/c1-15-12-24(31)29(25-17(15)8-5-9-22(25)34-2)14-23(30)28-16-10-11-20-21(13-16)27(33)19-7-4-3-6-18(19)26(20)32/h3-13H,14H2,1-2H3,(H,28,30). The number of nitrogens with zero attached hydrogens (tertiary/aromatic N) is 1. The van der Waals surface area contributed by atoms with E-state index in [1.165, 1.54) is 29.9 Å². The topological polar surface area (TPSA) is 94.5 Å². The summed E-state index contributed by atoms with van der Waals surface area (Å²) in [5, 5.41) is 3.55. The van der Waals surface area contributed by atoms with Crippen molar-refractivity contribution in [3.63, 3.8) is 0 Å². The lowest BCUT2D eigenvalue weighted by Gasteiger charge is -2.18. The van der Waals surface area contributed by atoms with Crippen molar-refractivity contribution in [3.05, 3.63) is 105 Å². The highest BCUT2D eigenvalue weighted by molar-refractivity contribution is 6.28. The summed E-state index contributed by atoms with van der Waals surface area (Å²) in [7, 11) is 1.51. The molecule has 1 aliphatic carbocycles. The first-order valence-electron chi connectivity index (χ1n) is 10.7. The van der Waals surface area contributed by atoms with Crippen molar-refractivity contribution in [1.82, 2.24) is 4.57 Å². The summed E-state index contributed by atoms with van der Waals surface area (Å²) in [5.74, 6) is -0.463. The van der Waals surface area contributed by atoms with Gasteiger partial charge in [-0.05, 0) is 36.8 Å². The normalized spacial score (nSPS) is 12.3. The number of pyridine rings is 1. The fraction of sp³-hybridized carbons (Fsp3) is 0.111. The molecule has 0 radical (unpaired) electrons. The second kappa shape index (κ2) is 8.12. The number of anilines is 1. The molecule has 4 aromatic rings. The summed E-state index contributed by atoms with van der Waals surface area (Å²) in [5.41, 5.74) is 2.60. The van der Waals surface area contributed by atoms with E-state index in [1.807, 2.05) is 19.1 Å². The summed E-state index contributed by atoms with van der Waals surface area (Å²) < 4.78 is 6.79. The van der Waals surface area contributed by atoms with Crippen LogP contribution in [0, 0.1) is 6.92 Å². The van der Waals surface area contributed by atoms with E-state index < -0.39 is 5.91 Å². The Kier molecular flexibility index (Phi) is 5.09. The molecule has 34 heavy (non-hydrogen) atoms. The molecule has 0 fully saturated rings. The number of aryl methyl sites for hydroxylation is 1. The minimum atomic E-state index is -0.451. The molecule has 5 rings (SSSR count). The Morgan fingerprint density at radius 2 is 1.53 bits per heavy atom. The number of hydrogen-bond donors (Lipinski definition) is 1. The van der Waals surface area contributed by atoms with Crippen LogP contribution in [-0.2, 0) is 11.3 Å². The molecule has 0 saturated carbocycles. The molecule has 0 spiro atoms.